The van der Waals surface area contributed by atoms with Crippen LogP contribution >= 0.6 is 0 Å². The van der Waals surface area contributed by atoms with Gasteiger partial charge in [0.05, 0.1) is 12.0 Å². The van der Waals surface area contributed by atoms with Crippen LogP contribution in [0.1, 0.15) is 33.6 Å². The molecule has 2 atom stereocenters. The maximum atomic E-state index is 11.2. The Balaban J connectivity index is 2.77. The lowest BCUT2D eigenvalue weighted by Gasteiger charge is -2.55. The number of ether oxygens (including phenoxy) is 2. The Labute approximate surface area is 85.1 Å². The fourth-order valence-electron chi connectivity index (χ4n) is 1.81. The van der Waals surface area contributed by atoms with Crippen LogP contribution in [0, 0.1) is 5.41 Å². The summed E-state index contributed by atoms with van der Waals surface area (Å²) in [4.78, 5) is 11.2. The van der Waals surface area contributed by atoms with Gasteiger partial charge < -0.3 is 9.47 Å². The molecule has 3 heteroatoms. The van der Waals surface area contributed by atoms with E-state index in [1.165, 1.54) is 6.08 Å². The quantitative estimate of drug-likeness (QED) is 0.513. The monoisotopic (exact) mass is 198 g/mol. The Kier molecular flexibility index (Phi) is 3.00. The molecule has 80 valence electrons. The van der Waals surface area contributed by atoms with Gasteiger partial charge in [-0.2, -0.15) is 0 Å². The SMILES string of the molecule is C=CC(=O)OC1(CC)OCC1(C)CC. The molecule has 0 aromatic heterocycles. The van der Waals surface area contributed by atoms with Gasteiger partial charge in [-0.1, -0.05) is 27.4 Å². The smallest absolute Gasteiger partial charge is 0.332 e. The third-order valence-corrected chi connectivity index (χ3v) is 3.22. The molecule has 1 fully saturated rings. The number of rotatable bonds is 4. The van der Waals surface area contributed by atoms with Gasteiger partial charge in [0.1, 0.15) is 0 Å². The molecule has 1 aliphatic rings. The summed E-state index contributed by atoms with van der Waals surface area (Å²) in [5.41, 5.74) is -0.0551. The van der Waals surface area contributed by atoms with Crippen molar-refractivity contribution >= 4 is 5.97 Å². The Morgan fingerprint density at radius 1 is 1.57 bits per heavy atom. The molecule has 0 aromatic carbocycles. The van der Waals surface area contributed by atoms with Crippen LogP contribution in [-0.2, 0) is 14.3 Å². The summed E-state index contributed by atoms with van der Waals surface area (Å²) in [6.45, 7) is 10.2. The third kappa shape index (κ3) is 1.46. The molecule has 0 saturated carbocycles. The van der Waals surface area contributed by atoms with Crippen LogP contribution in [0.2, 0.25) is 0 Å². The molecule has 0 spiro atoms. The minimum Gasteiger partial charge on any atom is -0.429 e. The van der Waals surface area contributed by atoms with Crippen LogP contribution in [0.5, 0.6) is 0 Å². The fraction of sp³-hybridized carbons (Fsp3) is 0.727. The van der Waals surface area contributed by atoms with Crippen molar-refractivity contribution in [3.05, 3.63) is 12.7 Å². The minimum absolute atomic E-state index is 0.0551. The second-order valence-corrected chi connectivity index (χ2v) is 3.93. The van der Waals surface area contributed by atoms with Gasteiger partial charge in [0.25, 0.3) is 0 Å². The first-order valence-electron chi connectivity index (χ1n) is 5.03. The van der Waals surface area contributed by atoms with Crippen LogP contribution in [0.3, 0.4) is 0 Å². The highest BCUT2D eigenvalue weighted by Crippen LogP contribution is 2.50. The zero-order valence-corrected chi connectivity index (χ0v) is 9.13. The van der Waals surface area contributed by atoms with Crippen molar-refractivity contribution < 1.29 is 14.3 Å². The summed E-state index contributed by atoms with van der Waals surface area (Å²) in [7, 11) is 0. The van der Waals surface area contributed by atoms with Gasteiger partial charge in [0.15, 0.2) is 0 Å². The molecule has 0 aromatic rings. The molecule has 0 N–H and O–H groups in total. The van der Waals surface area contributed by atoms with Gasteiger partial charge in [-0.05, 0) is 6.42 Å². The highest BCUT2D eigenvalue weighted by Gasteiger charge is 2.58. The zero-order valence-electron chi connectivity index (χ0n) is 9.13. The topological polar surface area (TPSA) is 35.5 Å². The first-order chi connectivity index (χ1) is 6.53. The normalized spacial score (nSPS) is 35.9. The van der Waals surface area contributed by atoms with E-state index >= 15 is 0 Å². The minimum atomic E-state index is -0.729. The largest absolute Gasteiger partial charge is 0.429 e. The van der Waals surface area contributed by atoms with Crippen LogP contribution in [0.25, 0.3) is 0 Å². The van der Waals surface area contributed by atoms with Gasteiger partial charge in [-0.25, -0.2) is 4.79 Å². The van der Waals surface area contributed by atoms with E-state index in [2.05, 4.69) is 20.4 Å². The molecular formula is C11H18O3. The average molecular weight is 198 g/mol. The number of carbonyl (C=O) groups is 1. The average Bonchev–Trinajstić information content (AvgIpc) is 2.22. The van der Waals surface area contributed by atoms with Crippen molar-refractivity contribution in [3.63, 3.8) is 0 Å². The lowest BCUT2D eigenvalue weighted by atomic mass is 9.73. The molecule has 3 nitrogen and oxygen atoms in total. The highest BCUT2D eigenvalue weighted by molar-refractivity contribution is 5.81. The summed E-state index contributed by atoms with van der Waals surface area (Å²) in [5, 5.41) is 0. The van der Waals surface area contributed by atoms with Crippen molar-refractivity contribution in [2.75, 3.05) is 6.61 Å². The van der Waals surface area contributed by atoms with E-state index in [0.29, 0.717) is 13.0 Å². The Morgan fingerprint density at radius 2 is 2.21 bits per heavy atom. The van der Waals surface area contributed by atoms with Crippen LogP contribution < -0.4 is 0 Å². The standard InChI is InChI=1S/C11H18O3/c1-5-9(12)14-11(7-3)10(4,6-2)8-13-11/h5H,1,6-8H2,2-4H3. The second-order valence-electron chi connectivity index (χ2n) is 3.93. The van der Waals surface area contributed by atoms with Crippen molar-refractivity contribution in [2.24, 2.45) is 5.41 Å². The van der Waals surface area contributed by atoms with E-state index in [-0.39, 0.29) is 5.41 Å². The molecule has 1 rings (SSSR count). The molecule has 2 unspecified atom stereocenters. The van der Waals surface area contributed by atoms with E-state index in [1.54, 1.807) is 0 Å². The summed E-state index contributed by atoms with van der Waals surface area (Å²) in [5.74, 6) is -1.14. The van der Waals surface area contributed by atoms with Crippen LogP contribution in [0.4, 0.5) is 0 Å². The van der Waals surface area contributed by atoms with E-state index in [1.807, 2.05) is 6.92 Å². The molecule has 1 saturated heterocycles. The molecular weight excluding hydrogens is 180 g/mol. The molecule has 1 heterocycles. The number of hydrogen-bond donors (Lipinski definition) is 0. The van der Waals surface area contributed by atoms with Crippen molar-refractivity contribution in [1.82, 2.24) is 0 Å². The van der Waals surface area contributed by atoms with Gasteiger partial charge in [0.2, 0.25) is 5.79 Å². The lowest BCUT2D eigenvalue weighted by molar-refractivity contribution is -0.372. The molecule has 0 bridgehead atoms. The van der Waals surface area contributed by atoms with Crippen molar-refractivity contribution in [2.45, 2.75) is 39.4 Å². The predicted octanol–water partition coefficient (Wildman–Crippen LogP) is 2.27. The summed E-state index contributed by atoms with van der Waals surface area (Å²) in [6.07, 6.45) is 2.79. The van der Waals surface area contributed by atoms with Crippen LogP contribution in [0.15, 0.2) is 12.7 Å². The Hall–Kier alpha value is -0.830. The molecule has 0 radical (unpaired) electrons. The van der Waals surface area contributed by atoms with E-state index in [0.717, 1.165) is 6.42 Å². The maximum absolute atomic E-state index is 11.2. The fourth-order valence-corrected chi connectivity index (χ4v) is 1.81. The van der Waals surface area contributed by atoms with Crippen LogP contribution in [-0.4, -0.2) is 18.4 Å². The predicted molar refractivity (Wildman–Crippen MR) is 53.7 cm³/mol. The highest BCUT2D eigenvalue weighted by atomic mass is 16.7. The van der Waals surface area contributed by atoms with E-state index < -0.39 is 11.8 Å². The van der Waals surface area contributed by atoms with Gasteiger partial charge in [-0.15, -0.1) is 0 Å². The summed E-state index contributed by atoms with van der Waals surface area (Å²) < 4.78 is 10.8. The molecule has 0 aliphatic carbocycles. The van der Waals surface area contributed by atoms with Gasteiger partial charge in [-0.3, -0.25) is 0 Å². The molecule has 1 aliphatic heterocycles. The third-order valence-electron chi connectivity index (χ3n) is 3.22. The van der Waals surface area contributed by atoms with Crippen molar-refractivity contribution in [3.8, 4) is 0 Å². The first kappa shape index (κ1) is 11.2. The summed E-state index contributed by atoms with van der Waals surface area (Å²) >= 11 is 0. The lowest BCUT2D eigenvalue weighted by Crippen LogP contribution is -2.63. The number of esters is 1. The second kappa shape index (κ2) is 3.73. The molecule has 0 amide bonds. The number of hydrogen-bond acceptors (Lipinski definition) is 3. The maximum Gasteiger partial charge on any atom is 0.332 e. The number of carbonyl (C=O) groups excluding carboxylic acids is 1. The van der Waals surface area contributed by atoms with E-state index in [4.69, 9.17) is 9.47 Å². The van der Waals surface area contributed by atoms with Crippen molar-refractivity contribution in [1.29, 1.82) is 0 Å². The van der Waals surface area contributed by atoms with Gasteiger partial charge in [0, 0.05) is 12.5 Å². The summed E-state index contributed by atoms with van der Waals surface area (Å²) in [6, 6.07) is 0. The Bertz CT molecular complexity index is 241. The van der Waals surface area contributed by atoms with E-state index in [9.17, 15) is 4.79 Å². The van der Waals surface area contributed by atoms with Gasteiger partial charge >= 0.3 is 5.97 Å². The first-order valence-corrected chi connectivity index (χ1v) is 5.03. The Morgan fingerprint density at radius 3 is 2.50 bits per heavy atom. The zero-order chi connectivity index (χ0) is 10.8. The molecule has 14 heavy (non-hydrogen) atoms.